The van der Waals surface area contributed by atoms with Crippen molar-refractivity contribution in [3.63, 3.8) is 0 Å². The van der Waals surface area contributed by atoms with Crippen molar-refractivity contribution in [2.75, 3.05) is 5.32 Å². The van der Waals surface area contributed by atoms with Crippen molar-refractivity contribution in [1.29, 1.82) is 0 Å². The van der Waals surface area contributed by atoms with Crippen LogP contribution in [-0.2, 0) is 6.54 Å². The molecule has 4 aromatic heterocycles. The number of thiazole rings is 1. The predicted octanol–water partition coefficient (Wildman–Crippen LogP) is 4.77. The molecular formula is C24H26N6OS. The summed E-state index contributed by atoms with van der Waals surface area (Å²) in [4.78, 5) is 27.7. The number of rotatable bonds is 6. The Bertz CT molecular complexity index is 1220. The van der Waals surface area contributed by atoms with Crippen LogP contribution in [0.25, 0.3) is 16.2 Å². The first-order chi connectivity index (χ1) is 15.7. The zero-order chi connectivity index (χ0) is 21.9. The van der Waals surface area contributed by atoms with Crippen LogP contribution in [0.1, 0.15) is 48.8 Å². The summed E-state index contributed by atoms with van der Waals surface area (Å²) >= 11 is 1.52. The van der Waals surface area contributed by atoms with Crippen LogP contribution in [-0.4, -0.2) is 31.3 Å². The number of nitrogens with one attached hydrogen (secondary N) is 2. The number of imidazole rings is 1. The summed E-state index contributed by atoms with van der Waals surface area (Å²) in [6.45, 7) is 2.82. The second-order valence-electron chi connectivity index (χ2n) is 8.29. The van der Waals surface area contributed by atoms with Gasteiger partial charge in [0.1, 0.15) is 0 Å². The van der Waals surface area contributed by atoms with E-state index in [2.05, 4.69) is 27.5 Å². The minimum absolute atomic E-state index is 0.100. The first kappa shape index (κ1) is 20.6. The summed E-state index contributed by atoms with van der Waals surface area (Å²) in [5, 5.41) is 7.35. The second kappa shape index (κ2) is 9.08. The molecule has 0 unspecified atom stereocenters. The van der Waals surface area contributed by atoms with Crippen molar-refractivity contribution in [1.82, 2.24) is 24.7 Å². The van der Waals surface area contributed by atoms with Crippen LogP contribution in [0.4, 0.5) is 5.13 Å². The highest BCUT2D eigenvalue weighted by Crippen LogP contribution is 2.31. The van der Waals surface area contributed by atoms with Crippen LogP contribution in [0.15, 0.2) is 55.0 Å². The molecule has 5 rings (SSSR count). The first-order valence-electron chi connectivity index (χ1n) is 11.1. The van der Waals surface area contributed by atoms with Gasteiger partial charge in [-0.05, 0) is 43.0 Å². The smallest absolute Gasteiger partial charge is 0.272 e. The van der Waals surface area contributed by atoms with E-state index in [-0.39, 0.29) is 11.9 Å². The van der Waals surface area contributed by atoms with Crippen molar-refractivity contribution >= 4 is 27.9 Å². The fourth-order valence-electron chi connectivity index (χ4n) is 4.27. The molecule has 1 saturated carbocycles. The lowest BCUT2D eigenvalue weighted by atomic mass is 9.86. The summed E-state index contributed by atoms with van der Waals surface area (Å²) < 4.78 is 1.97. The van der Waals surface area contributed by atoms with E-state index in [1.165, 1.54) is 24.2 Å². The van der Waals surface area contributed by atoms with Crippen molar-refractivity contribution < 1.29 is 4.79 Å². The number of hydrogen-bond acceptors (Lipinski definition) is 6. The van der Waals surface area contributed by atoms with Gasteiger partial charge in [-0.15, -0.1) is 0 Å². The Morgan fingerprint density at radius 1 is 1.16 bits per heavy atom. The molecule has 0 saturated heterocycles. The lowest BCUT2D eigenvalue weighted by Gasteiger charge is -2.29. The number of hydrogen-bond donors (Lipinski definition) is 2. The van der Waals surface area contributed by atoms with Crippen LogP contribution in [0, 0.1) is 5.92 Å². The topological polar surface area (TPSA) is 84.2 Å². The third-order valence-corrected chi connectivity index (χ3v) is 7.02. The lowest BCUT2D eigenvalue weighted by molar-refractivity contribution is 0.0907. The molecule has 1 aliphatic carbocycles. The van der Waals surface area contributed by atoms with Gasteiger partial charge in [0.15, 0.2) is 16.6 Å². The molecule has 0 bridgehead atoms. The van der Waals surface area contributed by atoms with Gasteiger partial charge in [0.25, 0.3) is 5.91 Å². The molecule has 1 fully saturated rings. The molecule has 7 nitrogen and oxygen atoms in total. The number of anilines is 1. The Labute approximate surface area is 191 Å². The standard InChI is InChI=1S/C24H26N6OS/c1-16-8-2-3-10-18(16)28-23(31)21-19-11-5-7-13-30(19)22(29-21)20-15-27-24(32-20)26-14-17-9-4-6-12-25-17/h4-7,9,11-13,15-16,18H,2-3,8,10,14H2,1H3,(H,26,27)(H,28,31)/t16-,18-/m0/s1. The molecule has 4 heterocycles. The van der Waals surface area contributed by atoms with Gasteiger partial charge in [-0.25, -0.2) is 9.97 Å². The van der Waals surface area contributed by atoms with Gasteiger partial charge >= 0.3 is 0 Å². The summed E-state index contributed by atoms with van der Waals surface area (Å²) in [5.41, 5.74) is 2.22. The van der Waals surface area contributed by atoms with E-state index in [1.54, 1.807) is 12.4 Å². The normalized spacial score (nSPS) is 18.5. The minimum atomic E-state index is -0.100. The first-order valence-corrected chi connectivity index (χ1v) is 11.9. The van der Waals surface area contributed by atoms with E-state index in [0.29, 0.717) is 18.2 Å². The number of amides is 1. The molecule has 32 heavy (non-hydrogen) atoms. The monoisotopic (exact) mass is 446 g/mol. The highest BCUT2D eigenvalue weighted by atomic mass is 32.1. The molecule has 4 aromatic rings. The maximum absolute atomic E-state index is 13.2. The second-order valence-corrected chi connectivity index (χ2v) is 9.32. The molecule has 8 heteroatoms. The molecular weight excluding hydrogens is 420 g/mol. The van der Waals surface area contributed by atoms with E-state index in [9.17, 15) is 4.79 Å². The summed E-state index contributed by atoms with van der Waals surface area (Å²) in [6, 6.07) is 11.9. The van der Waals surface area contributed by atoms with Crippen molar-refractivity contribution in [2.45, 2.75) is 45.2 Å². The van der Waals surface area contributed by atoms with Gasteiger partial charge in [0.2, 0.25) is 0 Å². The highest BCUT2D eigenvalue weighted by molar-refractivity contribution is 7.18. The largest absolute Gasteiger partial charge is 0.356 e. The van der Waals surface area contributed by atoms with E-state index >= 15 is 0 Å². The Balaban J connectivity index is 1.39. The summed E-state index contributed by atoms with van der Waals surface area (Å²) in [6.07, 6.45) is 10.1. The fraction of sp³-hybridized carbons (Fsp3) is 0.333. The van der Waals surface area contributed by atoms with Gasteiger partial charge in [0, 0.05) is 18.4 Å². The molecule has 1 amide bonds. The van der Waals surface area contributed by atoms with Crippen LogP contribution in [0.5, 0.6) is 0 Å². The Morgan fingerprint density at radius 2 is 2.03 bits per heavy atom. The summed E-state index contributed by atoms with van der Waals surface area (Å²) in [5.74, 6) is 1.12. The van der Waals surface area contributed by atoms with Crippen LogP contribution >= 0.6 is 11.3 Å². The number of pyridine rings is 2. The average molecular weight is 447 g/mol. The predicted molar refractivity (Wildman–Crippen MR) is 127 cm³/mol. The third-order valence-electron chi connectivity index (χ3n) is 6.06. The van der Waals surface area contributed by atoms with Crippen LogP contribution < -0.4 is 10.6 Å². The number of carbonyl (C=O) groups is 1. The number of aromatic nitrogens is 4. The zero-order valence-electron chi connectivity index (χ0n) is 18.0. The van der Waals surface area contributed by atoms with Crippen molar-refractivity contribution in [2.24, 2.45) is 5.92 Å². The molecule has 1 aliphatic rings. The quantitative estimate of drug-likeness (QED) is 0.446. The molecule has 2 atom stereocenters. The molecule has 164 valence electrons. The molecule has 0 spiro atoms. The van der Waals surface area contributed by atoms with Gasteiger partial charge in [-0.1, -0.05) is 43.2 Å². The summed E-state index contributed by atoms with van der Waals surface area (Å²) in [7, 11) is 0. The lowest BCUT2D eigenvalue weighted by Crippen LogP contribution is -2.41. The fourth-order valence-corrected chi connectivity index (χ4v) is 5.07. The maximum Gasteiger partial charge on any atom is 0.272 e. The van der Waals surface area contributed by atoms with Gasteiger partial charge in [0.05, 0.1) is 28.8 Å². The van der Waals surface area contributed by atoms with E-state index < -0.39 is 0 Å². The van der Waals surface area contributed by atoms with Crippen molar-refractivity contribution in [3.8, 4) is 10.7 Å². The third kappa shape index (κ3) is 4.23. The Morgan fingerprint density at radius 3 is 2.88 bits per heavy atom. The van der Waals surface area contributed by atoms with Crippen LogP contribution in [0.3, 0.4) is 0 Å². The minimum Gasteiger partial charge on any atom is -0.356 e. The molecule has 0 radical (unpaired) electrons. The van der Waals surface area contributed by atoms with Gasteiger partial charge in [-0.2, -0.15) is 0 Å². The van der Waals surface area contributed by atoms with Crippen molar-refractivity contribution in [3.05, 3.63) is 66.4 Å². The van der Waals surface area contributed by atoms with Gasteiger partial charge < -0.3 is 10.6 Å². The number of fused-ring (bicyclic) bond motifs is 1. The molecule has 0 aromatic carbocycles. The maximum atomic E-state index is 13.2. The average Bonchev–Trinajstić information content (AvgIpc) is 3.45. The van der Waals surface area contributed by atoms with Crippen LogP contribution in [0.2, 0.25) is 0 Å². The highest BCUT2D eigenvalue weighted by Gasteiger charge is 2.26. The van der Waals surface area contributed by atoms with E-state index in [4.69, 9.17) is 4.98 Å². The van der Waals surface area contributed by atoms with E-state index in [1.807, 2.05) is 47.0 Å². The van der Waals surface area contributed by atoms with Gasteiger partial charge in [-0.3, -0.25) is 14.2 Å². The Kier molecular flexibility index (Phi) is 5.85. The molecule has 2 N–H and O–H groups in total. The van der Waals surface area contributed by atoms with E-state index in [0.717, 1.165) is 39.9 Å². The zero-order valence-corrected chi connectivity index (χ0v) is 18.8. The SMILES string of the molecule is C[C@H]1CCCC[C@@H]1NC(=O)c1nc(-c2cnc(NCc3ccccn3)s2)n2ccccc12. The number of carbonyl (C=O) groups excluding carboxylic acids is 1. The number of nitrogens with zero attached hydrogens (tertiary/aromatic N) is 4. The molecule has 0 aliphatic heterocycles. The Hall–Kier alpha value is -3.26.